The molecule has 0 radical (unpaired) electrons. The van der Waals surface area contributed by atoms with E-state index in [2.05, 4.69) is 34.9 Å². The third-order valence-corrected chi connectivity index (χ3v) is 7.58. The molecule has 2 aromatic carbocycles. The Kier molecular flexibility index (Phi) is 10.5. The van der Waals surface area contributed by atoms with Crippen molar-refractivity contribution in [1.82, 2.24) is 39.9 Å². The molecule has 0 saturated carbocycles. The first kappa shape index (κ1) is 33.5. The van der Waals surface area contributed by atoms with Crippen molar-refractivity contribution in [3.05, 3.63) is 152 Å². The quantitative estimate of drug-likeness (QED) is 0.0935. The van der Waals surface area contributed by atoms with Crippen molar-refractivity contribution in [3.63, 3.8) is 0 Å². The number of rotatable bonds is 3. The molecule has 0 aliphatic heterocycles. The van der Waals surface area contributed by atoms with Gasteiger partial charge in [0.05, 0.1) is 44.8 Å². The number of hydrogen-bond donors (Lipinski definition) is 3. The standard InChI is InChI=1S/C19H14N6.2C10H8N2.Ru/c20-10-5-6-11(14(21)9-10)19-24-17-12-3-1-7-22-15(12)16-13(18(17)25-19)4-2-8-23-16;2*1-3-7-11-9(5-1)10-6-2-4-8-12-10;/h1-9H,20-21H2,(H,24,25);2*1-8H;/q;;;+2. The minimum Gasteiger partial charge on any atom is -0.399 e. The number of nitrogens with two attached hydrogens (primary N) is 2. The number of pyridine rings is 6. The van der Waals surface area contributed by atoms with Gasteiger partial charge in [0.1, 0.15) is 5.82 Å². The maximum atomic E-state index is 6.14. The Hall–Kier alpha value is -6.45. The number of anilines is 2. The molecule has 0 saturated heterocycles. The van der Waals surface area contributed by atoms with E-state index < -0.39 is 0 Å². The SMILES string of the molecule is Nc1ccc(-c2nc3c4cccnc4c4ncccc4c3[nH]2)c(N)c1.[Ru+2].c1ccc(-c2ccccn2)nc1.c1ccc(-c2ccccn2)nc1. The van der Waals surface area contributed by atoms with Crippen LogP contribution in [0.4, 0.5) is 11.4 Å². The van der Waals surface area contributed by atoms with Gasteiger partial charge in [-0.15, -0.1) is 0 Å². The number of aromatic amines is 1. The molecule has 11 heteroatoms. The summed E-state index contributed by atoms with van der Waals surface area (Å²) in [6.45, 7) is 0. The van der Waals surface area contributed by atoms with Gasteiger partial charge in [0.15, 0.2) is 0 Å². The molecule has 5 N–H and O–H groups in total. The number of nitrogen functional groups attached to an aromatic ring is 2. The second kappa shape index (κ2) is 15.6. The summed E-state index contributed by atoms with van der Waals surface area (Å²) in [5, 5.41) is 1.94. The second-order valence-electron chi connectivity index (χ2n) is 10.8. The largest absolute Gasteiger partial charge is 2.00 e. The molecule has 0 amide bonds. The number of imidazole rings is 1. The first-order valence-corrected chi connectivity index (χ1v) is 15.5. The average Bonchev–Trinajstić information content (AvgIpc) is 3.63. The van der Waals surface area contributed by atoms with Gasteiger partial charge in [-0.05, 0) is 91.0 Å². The molecule has 0 aliphatic rings. The van der Waals surface area contributed by atoms with Gasteiger partial charge in [-0.25, -0.2) is 4.98 Å². The van der Waals surface area contributed by atoms with Crippen LogP contribution in [0.25, 0.3) is 67.0 Å². The van der Waals surface area contributed by atoms with E-state index in [1.54, 1.807) is 43.2 Å². The zero-order chi connectivity index (χ0) is 33.4. The fourth-order valence-electron chi connectivity index (χ4n) is 5.33. The van der Waals surface area contributed by atoms with Gasteiger partial charge < -0.3 is 16.5 Å². The number of nitrogens with one attached hydrogen (secondary N) is 1. The van der Waals surface area contributed by atoms with Gasteiger partial charge in [0.2, 0.25) is 0 Å². The monoisotopic (exact) mass is 740 g/mol. The normalized spacial score (nSPS) is 10.4. The van der Waals surface area contributed by atoms with Crippen LogP contribution in [-0.4, -0.2) is 39.9 Å². The fourth-order valence-corrected chi connectivity index (χ4v) is 5.33. The van der Waals surface area contributed by atoms with Crippen LogP contribution in [0.1, 0.15) is 0 Å². The molecule has 7 aromatic heterocycles. The van der Waals surface area contributed by atoms with Gasteiger partial charge in [0, 0.05) is 64.9 Å². The summed E-state index contributed by atoms with van der Waals surface area (Å²) in [6.07, 6.45) is 10.6. The van der Waals surface area contributed by atoms with Gasteiger partial charge >= 0.3 is 19.5 Å². The summed E-state index contributed by atoms with van der Waals surface area (Å²) in [5.74, 6) is 0.703. The Labute approximate surface area is 300 Å². The van der Waals surface area contributed by atoms with Crippen LogP contribution in [0.2, 0.25) is 0 Å². The van der Waals surface area contributed by atoms with Crippen LogP contribution < -0.4 is 11.5 Å². The maximum Gasteiger partial charge on any atom is 2.00 e. The first-order chi connectivity index (χ1) is 24.2. The van der Waals surface area contributed by atoms with E-state index >= 15 is 0 Å². The van der Waals surface area contributed by atoms with Crippen molar-refractivity contribution >= 4 is 44.2 Å². The Balaban J connectivity index is 0.000000145. The number of fused-ring (bicyclic) bond motifs is 6. The molecule has 7 heterocycles. The van der Waals surface area contributed by atoms with Crippen LogP contribution in [0.3, 0.4) is 0 Å². The Morgan fingerprint density at radius 2 is 0.900 bits per heavy atom. The average molecular weight is 740 g/mol. The summed E-state index contributed by atoms with van der Waals surface area (Å²) in [6, 6.07) is 36.5. The summed E-state index contributed by atoms with van der Waals surface area (Å²) < 4.78 is 0. The van der Waals surface area contributed by atoms with E-state index in [9.17, 15) is 0 Å². The van der Waals surface area contributed by atoms with Crippen LogP contribution in [0.5, 0.6) is 0 Å². The van der Waals surface area contributed by atoms with Crippen molar-refractivity contribution < 1.29 is 19.5 Å². The summed E-state index contributed by atoms with van der Waals surface area (Å²) >= 11 is 0. The molecular weight excluding hydrogens is 710 g/mol. The number of aromatic nitrogens is 8. The molecule has 0 atom stereocenters. The smallest absolute Gasteiger partial charge is 0.399 e. The Morgan fingerprint density at radius 3 is 1.36 bits per heavy atom. The summed E-state index contributed by atoms with van der Waals surface area (Å²) in [7, 11) is 0. The van der Waals surface area contributed by atoms with Crippen LogP contribution in [0.15, 0.2) is 152 Å². The molecule has 10 nitrogen and oxygen atoms in total. The number of benzene rings is 2. The van der Waals surface area contributed by atoms with E-state index in [4.69, 9.17) is 16.5 Å². The van der Waals surface area contributed by atoms with E-state index in [1.807, 2.05) is 109 Å². The van der Waals surface area contributed by atoms with E-state index in [0.29, 0.717) is 17.2 Å². The molecule has 9 rings (SSSR count). The molecule has 50 heavy (non-hydrogen) atoms. The molecule has 0 fully saturated rings. The molecule has 0 aliphatic carbocycles. The topological polar surface area (TPSA) is 158 Å². The van der Waals surface area contributed by atoms with Crippen molar-refractivity contribution in [2.45, 2.75) is 0 Å². The van der Waals surface area contributed by atoms with Gasteiger partial charge in [-0.3, -0.25) is 29.9 Å². The molecule has 242 valence electrons. The predicted octanol–water partition coefficient (Wildman–Crippen LogP) is 7.78. The third-order valence-electron chi connectivity index (χ3n) is 7.58. The van der Waals surface area contributed by atoms with Crippen molar-refractivity contribution in [1.29, 1.82) is 0 Å². The van der Waals surface area contributed by atoms with E-state index in [1.165, 1.54) is 0 Å². The minimum absolute atomic E-state index is 0. The molecule has 0 spiro atoms. The first-order valence-electron chi connectivity index (χ1n) is 15.5. The van der Waals surface area contributed by atoms with Gasteiger partial charge in [-0.1, -0.05) is 24.3 Å². The van der Waals surface area contributed by atoms with Crippen LogP contribution >= 0.6 is 0 Å². The van der Waals surface area contributed by atoms with Crippen molar-refractivity contribution in [3.8, 4) is 34.2 Å². The summed E-state index contributed by atoms with van der Waals surface area (Å²) in [5.41, 5.74) is 21.1. The number of nitrogens with zero attached hydrogens (tertiary/aromatic N) is 7. The summed E-state index contributed by atoms with van der Waals surface area (Å²) in [4.78, 5) is 34.0. The third kappa shape index (κ3) is 7.33. The van der Waals surface area contributed by atoms with Gasteiger partial charge in [0.25, 0.3) is 0 Å². The van der Waals surface area contributed by atoms with E-state index in [0.717, 1.165) is 61.2 Å². The van der Waals surface area contributed by atoms with Crippen LogP contribution in [0, 0.1) is 0 Å². The Morgan fingerprint density at radius 1 is 0.440 bits per heavy atom. The fraction of sp³-hybridized carbons (Fsp3) is 0. The molecule has 9 aromatic rings. The molecular formula is C39H30N10Ru+2. The Bertz CT molecular complexity index is 2240. The predicted molar refractivity (Wildman–Crippen MR) is 196 cm³/mol. The van der Waals surface area contributed by atoms with Crippen LogP contribution in [-0.2, 0) is 19.5 Å². The second-order valence-corrected chi connectivity index (χ2v) is 10.8. The van der Waals surface area contributed by atoms with E-state index in [-0.39, 0.29) is 19.5 Å². The number of H-pyrrole nitrogens is 1. The zero-order valence-electron chi connectivity index (χ0n) is 26.6. The number of hydrogen-bond acceptors (Lipinski definition) is 9. The minimum atomic E-state index is 0. The maximum absolute atomic E-state index is 6.14. The zero-order valence-corrected chi connectivity index (χ0v) is 28.3. The van der Waals surface area contributed by atoms with Crippen molar-refractivity contribution in [2.75, 3.05) is 11.5 Å². The molecule has 0 unspecified atom stereocenters. The van der Waals surface area contributed by atoms with Crippen molar-refractivity contribution in [2.24, 2.45) is 0 Å². The van der Waals surface area contributed by atoms with Gasteiger partial charge in [-0.2, -0.15) is 0 Å². The molecule has 0 bridgehead atoms.